The fraction of sp³-hybridized carbons (Fsp3) is 0.500. The second-order valence-electron chi connectivity index (χ2n) is 9.34. The highest BCUT2D eigenvalue weighted by atomic mass is 19.2. The van der Waals surface area contributed by atoms with Gasteiger partial charge in [-0.1, -0.05) is 18.2 Å². The van der Waals surface area contributed by atoms with Crippen LogP contribution in [0.2, 0.25) is 0 Å². The Kier molecular flexibility index (Phi) is 8.50. The van der Waals surface area contributed by atoms with Gasteiger partial charge in [0, 0.05) is 29.2 Å². The van der Waals surface area contributed by atoms with Crippen LogP contribution in [0, 0.1) is 35.1 Å². The quantitative estimate of drug-likeness (QED) is 0.281. The van der Waals surface area contributed by atoms with Crippen molar-refractivity contribution in [2.24, 2.45) is 11.8 Å². The van der Waals surface area contributed by atoms with Crippen molar-refractivity contribution in [3.05, 3.63) is 65.8 Å². The molecule has 2 heterocycles. The van der Waals surface area contributed by atoms with Crippen molar-refractivity contribution in [1.29, 1.82) is 0 Å². The third-order valence-corrected chi connectivity index (χ3v) is 7.12. The van der Waals surface area contributed by atoms with Gasteiger partial charge in [0.1, 0.15) is 0 Å². The fourth-order valence-electron chi connectivity index (χ4n) is 5.12. The topological polar surface area (TPSA) is 27.7 Å². The molecule has 0 N–H and O–H groups in total. The van der Waals surface area contributed by atoms with Crippen LogP contribution in [0.5, 0.6) is 5.75 Å². The lowest BCUT2D eigenvalue weighted by Gasteiger charge is -2.38. The zero-order valence-electron chi connectivity index (χ0n) is 20.0. The van der Waals surface area contributed by atoms with E-state index < -0.39 is 29.4 Å². The van der Waals surface area contributed by atoms with Gasteiger partial charge in [0.15, 0.2) is 23.2 Å². The second-order valence-corrected chi connectivity index (χ2v) is 9.34. The Morgan fingerprint density at radius 2 is 1.63 bits per heavy atom. The van der Waals surface area contributed by atoms with Crippen LogP contribution in [0.15, 0.2) is 36.9 Å². The third-order valence-electron chi connectivity index (χ3n) is 7.12. The molecule has 0 aliphatic carbocycles. The molecule has 190 valence electrons. The smallest absolute Gasteiger partial charge is 0.201 e. The number of rotatable bonds is 8. The summed E-state index contributed by atoms with van der Waals surface area (Å²) in [7, 11) is 0. The summed E-state index contributed by atoms with van der Waals surface area (Å²) >= 11 is 0. The summed E-state index contributed by atoms with van der Waals surface area (Å²) in [5.41, 5.74) is -0.620. The van der Waals surface area contributed by atoms with Gasteiger partial charge in [-0.05, 0) is 63.5 Å². The van der Waals surface area contributed by atoms with Crippen molar-refractivity contribution >= 4 is 0 Å². The molecule has 0 saturated carbocycles. The van der Waals surface area contributed by atoms with Crippen LogP contribution < -0.4 is 4.74 Å². The van der Waals surface area contributed by atoms with E-state index in [1.54, 1.807) is 6.92 Å². The molecule has 0 amide bonds. The molecule has 2 saturated heterocycles. The second kappa shape index (κ2) is 11.6. The lowest BCUT2D eigenvalue weighted by Crippen LogP contribution is -2.37. The van der Waals surface area contributed by atoms with Crippen LogP contribution in [-0.2, 0) is 9.47 Å². The first kappa shape index (κ1) is 25.7. The van der Waals surface area contributed by atoms with Gasteiger partial charge in [0.05, 0.1) is 25.4 Å². The molecule has 2 aliphatic rings. The molecule has 7 heteroatoms. The molecular formula is C28H32F4O3. The standard InChI is InChI=1S/C28H32F4O3/c1-3-5-6-17-7-12-22(34-15-17)18-8-13-23(35-16-18)21-10-9-19(25(29)27(21)31)20-11-14-24(33-4-2)28(32)26(20)30/h3,9-11,14,17-18,22-23H,1,4-8,12-13,15-16H2,2H3. The molecule has 0 radical (unpaired) electrons. The van der Waals surface area contributed by atoms with Crippen molar-refractivity contribution in [2.45, 2.75) is 57.7 Å². The number of halogens is 4. The molecule has 2 aromatic carbocycles. The summed E-state index contributed by atoms with van der Waals surface area (Å²) in [5.74, 6) is -4.32. The van der Waals surface area contributed by atoms with Crippen molar-refractivity contribution in [3.8, 4) is 16.9 Å². The van der Waals surface area contributed by atoms with Crippen molar-refractivity contribution in [3.63, 3.8) is 0 Å². The number of hydrogen-bond donors (Lipinski definition) is 0. The van der Waals surface area contributed by atoms with Gasteiger partial charge in [-0.2, -0.15) is 4.39 Å². The lowest BCUT2D eigenvalue weighted by atomic mass is 9.85. The summed E-state index contributed by atoms with van der Waals surface area (Å²) in [5, 5.41) is 0. The van der Waals surface area contributed by atoms with E-state index in [1.165, 1.54) is 24.3 Å². The zero-order valence-corrected chi connectivity index (χ0v) is 20.0. The van der Waals surface area contributed by atoms with Crippen LogP contribution in [0.1, 0.15) is 57.1 Å². The summed E-state index contributed by atoms with van der Waals surface area (Å²) in [4.78, 5) is 0. The Labute approximate surface area is 204 Å². The molecule has 0 bridgehead atoms. The predicted molar refractivity (Wildman–Crippen MR) is 126 cm³/mol. The average molecular weight is 493 g/mol. The molecule has 2 fully saturated rings. The van der Waals surface area contributed by atoms with E-state index in [9.17, 15) is 13.2 Å². The van der Waals surface area contributed by atoms with Crippen molar-refractivity contribution in [1.82, 2.24) is 0 Å². The summed E-state index contributed by atoms with van der Waals surface area (Å²) in [6.45, 7) is 6.71. The molecular weight excluding hydrogens is 460 g/mol. The van der Waals surface area contributed by atoms with E-state index >= 15 is 4.39 Å². The highest BCUT2D eigenvalue weighted by Crippen LogP contribution is 2.39. The third kappa shape index (κ3) is 5.56. The predicted octanol–water partition coefficient (Wildman–Crippen LogP) is 7.54. The van der Waals surface area contributed by atoms with Crippen LogP contribution in [0.25, 0.3) is 11.1 Å². The molecule has 3 nitrogen and oxygen atoms in total. The average Bonchev–Trinajstić information content (AvgIpc) is 2.88. The Bertz CT molecular complexity index is 1030. The lowest BCUT2D eigenvalue weighted by molar-refractivity contribution is -0.105. The SMILES string of the molecule is C=CCCC1CCC(C2CCC(c3ccc(-c4ccc(OCC)c(F)c4F)c(F)c3F)OC2)OC1. The van der Waals surface area contributed by atoms with Gasteiger partial charge in [-0.15, -0.1) is 6.58 Å². The first-order valence-corrected chi connectivity index (χ1v) is 12.4. The number of ether oxygens (including phenoxy) is 3. The number of hydrogen-bond acceptors (Lipinski definition) is 3. The van der Waals surface area contributed by atoms with E-state index in [4.69, 9.17) is 14.2 Å². The summed E-state index contributed by atoms with van der Waals surface area (Å²) < 4.78 is 75.9. The van der Waals surface area contributed by atoms with Crippen LogP contribution in [-0.4, -0.2) is 25.9 Å². The maximum absolute atomic E-state index is 15.0. The van der Waals surface area contributed by atoms with Gasteiger partial charge in [-0.25, -0.2) is 13.2 Å². The molecule has 4 atom stereocenters. The Morgan fingerprint density at radius 3 is 2.26 bits per heavy atom. The van der Waals surface area contributed by atoms with Gasteiger partial charge < -0.3 is 14.2 Å². The molecule has 35 heavy (non-hydrogen) atoms. The maximum atomic E-state index is 15.0. The Balaban J connectivity index is 1.41. The molecule has 0 aromatic heterocycles. The largest absolute Gasteiger partial charge is 0.491 e. The Hall–Kier alpha value is -2.38. The maximum Gasteiger partial charge on any atom is 0.201 e. The van der Waals surface area contributed by atoms with E-state index in [0.29, 0.717) is 18.9 Å². The normalized spacial score (nSPS) is 24.8. The van der Waals surface area contributed by atoms with E-state index in [0.717, 1.165) is 38.7 Å². The first-order chi connectivity index (χ1) is 16.9. The molecule has 4 unspecified atom stereocenters. The zero-order chi connectivity index (χ0) is 24.9. The van der Waals surface area contributed by atoms with Crippen molar-refractivity contribution in [2.75, 3.05) is 19.8 Å². The van der Waals surface area contributed by atoms with Gasteiger partial charge in [0.2, 0.25) is 5.82 Å². The molecule has 4 rings (SSSR count). The van der Waals surface area contributed by atoms with E-state index in [1.807, 2.05) is 6.08 Å². The number of benzene rings is 2. The van der Waals surface area contributed by atoms with Crippen LogP contribution in [0.4, 0.5) is 17.6 Å². The monoisotopic (exact) mass is 492 g/mol. The van der Waals surface area contributed by atoms with Crippen LogP contribution in [0.3, 0.4) is 0 Å². The minimum Gasteiger partial charge on any atom is -0.491 e. The number of allylic oxidation sites excluding steroid dienone is 1. The summed E-state index contributed by atoms with van der Waals surface area (Å²) in [6.07, 6.45) is 6.95. The van der Waals surface area contributed by atoms with Gasteiger partial charge in [0.25, 0.3) is 0 Å². The highest BCUT2D eigenvalue weighted by Gasteiger charge is 2.34. The fourth-order valence-corrected chi connectivity index (χ4v) is 5.12. The van der Waals surface area contributed by atoms with E-state index in [-0.39, 0.29) is 41.1 Å². The van der Waals surface area contributed by atoms with Crippen LogP contribution >= 0.6 is 0 Å². The first-order valence-electron chi connectivity index (χ1n) is 12.4. The molecule has 2 aliphatic heterocycles. The molecule has 2 aromatic rings. The minimum absolute atomic E-state index is 0.0885. The van der Waals surface area contributed by atoms with Gasteiger partial charge in [-0.3, -0.25) is 0 Å². The van der Waals surface area contributed by atoms with Crippen molar-refractivity contribution < 1.29 is 31.8 Å². The minimum atomic E-state index is -1.28. The molecule has 0 spiro atoms. The van der Waals surface area contributed by atoms with Gasteiger partial charge >= 0.3 is 0 Å². The Morgan fingerprint density at radius 1 is 0.886 bits per heavy atom. The summed E-state index contributed by atoms with van der Waals surface area (Å²) in [6, 6.07) is 5.07. The van der Waals surface area contributed by atoms with E-state index in [2.05, 4.69) is 6.58 Å². The highest BCUT2D eigenvalue weighted by molar-refractivity contribution is 5.66.